The molecule has 1 saturated heterocycles. The number of pyridine rings is 1. The van der Waals surface area contributed by atoms with Crippen LogP contribution in [0.25, 0.3) is 10.9 Å². The van der Waals surface area contributed by atoms with Crippen LogP contribution >= 0.6 is 27.5 Å². The summed E-state index contributed by atoms with van der Waals surface area (Å²) in [7, 11) is 0. The highest BCUT2D eigenvalue weighted by molar-refractivity contribution is 9.10. The Morgan fingerprint density at radius 2 is 2.13 bits per heavy atom. The van der Waals surface area contributed by atoms with Gasteiger partial charge >= 0.3 is 0 Å². The molecule has 2 heterocycles. The van der Waals surface area contributed by atoms with E-state index in [0.717, 1.165) is 15.4 Å². The number of nitrogens with zero attached hydrogens (tertiary/aromatic N) is 1. The summed E-state index contributed by atoms with van der Waals surface area (Å²) in [4.78, 5) is 16.4. The maximum Gasteiger partial charge on any atom is 0.225 e. The van der Waals surface area contributed by atoms with Crippen LogP contribution in [0.5, 0.6) is 0 Å². The Bertz CT molecular complexity index is 747. The number of hydrogen-bond donors (Lipinski definition) is 2. The lowest BCUT2D eigenvalue weighted by molar-refractivity contribution is -0.132. The maximum absolute atomic E-state index is 11.9. The average molecular weight is 399 g/mol. The zero-order valence-corrected chi connectivity index (χ0v) is 14.8. The standard InChI is InChI=1S/C16H17BrClN3O2/c17-11-7-10-1-2-13(21-14(10)12(18)8-11)20-9-16(15(19)22)3-5-23-6-4-16/h1-2,7-8H,3-6,9H2,(H2,19,22)(H,20,21). The van der Waals surface area contributed by atoms with Crippen LogP contribution in [0.15, 0.2) is 28.7 Å². The molecule has 0 atom stereocenters. The average Bonchev–Trinajstić information content (AvgIpc) is 2.54. The van der Waals surface area contributed by atoms with Gasteiger partial charge in [0.05, 0.1) is 16.0 Å². The highest BCUT2D eigenvalue weighted by Gasteiger charge is 2.38. The molecule has 1 amide bonds. The van der Waals surface area contributed by atoms with E-state index < -0.39 is 5.41 Å². The number of carbonyl (C=O) groups excluding carboxylic acids is 1. The van der Waals surface area contributed by atoms with E-state index in [2.05, 4.69) is 26.2 Å². The Labute approximate surface area is 147 Å². The number of nitrogens with two attached hydrogens (primary N) is 1. The number of primary amides is 1. The minimum Gasteiger partial charge on any atom is -0.381 e. The first kappa shape index (κ1) is 16.5. The van der Waals surface area contributed by atoms with Crippen LogP contribution in [0.1, 0.15) is 12.8 Å². The molecule has 1 fully saturated rings. The first-order chi connectivity index (χ1) is 11.0. The molecule has 0 aliphatic carbocycles. The molecule has 1 aromatic carbocycles. The number of ether oxygens (including phenoxy) is 1. The maximum atomic E-state index is 11.9. The van der Waals surface area contributed by atoms with Gasteiger partial charge in [-0.1, -0.05) is 27.5 Å². The van der Waals surface area contributed by atoms with Crippen molar-refractivity contribution in [3.05, 3.63) is 33.8 Å². The molecule has 23 heavy (non-hydrogen) atoms. The van der Waals surface area contributed by atoms with Crippen LogP contribution in [0.2, 0.25) is 5.02 Å². The molecule has 122 valence electrons. The smallest absolute Gasteiger partial charge is 0.225 e. The van der Waals surface area contributed by atoms with Gasteiger partial charge in [-0.25, -0.2) is 4.98 Å². The van der Waals surface area contributed by atoms with Crippen molar-refractivity contribution in [1.82, 2.24) is 4.98 Å². The molecule has 3 rings (SSSR count). The summed E-state index contributed by atoms with van der Waals surface area (Å²) in [5.74, 6) is 0.380. The molecule has 2 aromatic rings. The second kappa shape index (κ2) is 6.63. The number of carbonyl (C=O) groups is 1. The Morgan fingerprint density at radius 1 is 1.39 bits per heavy atom. The minimum absolute atomic E-state index is 0.295. The molecule has 0 radical (unpaired) electrons. The number of amides is 1. The van der Waals surface area contributed by atoms with E-state index in [1.165, 1.54) is 0 Å². The van der Waals surface area contributed by atoms with Crippen LogP contribution in [0.4, 0.5) is 5.82 Å². The molecular formula is C16H17BrClN3O2. The number of aromatic nitrogens is 1. The highest BCUT2D eigenvalue weighted by atomic mass is 79.9. The van der Waals surface area contributed by atoms with Gasteiger partial charge in [-0.2, -0.15) is 0 Å². The van der Waals surface area contributed by atoms with Gasteiger partial charge in [-0.3, -0.25) is 4.79 Å². The summed E-state index contributed by atoms with van der Waals surface area (Å²) in [6.45, 7) is 1.55. The van der Waals surface area contributed by atoms with Crippen molar-refractivity contribution in [3.63, 3.8) is 0 Å². The second-order valence-electron chi connectivity index (χ2n) is 5.77. The first-order valence-corrected chi connectivity index (χ1v) is 8.55. The number of anilines is 1. The van der Waals surface area contributed by atoms with E-state index in [9.17, 15) is 4.79 Å². The van der Waals surface area contributed by atoms with Crippen LogP contribution in [-0.2, 0) is 9.53 Å². The summed E-state index contributed by atoms with van der Waals surface area (Å²) < 4.78 is 6.25. The van der Waals surface area contributed by atoms with Crippen molar-refractivity contribution < 1.29 is 9.53 Å². The molecular weight excluding hydrogens is 382 g/mol. The third-order valence-electron chi connectivity index (χ3n) is 4.29. The summed E-state index contributed by atoms with van der Waals surface area (Å²) >= 11 is 9.67. The van der Waals surface area contributed by atoms with E-state index in [0.29, 0.717) is 43.4 Å². The number of benzene rings is 1. The normalized spacial score (nSPS) is 17.1. The van der Waals surface area contributed by atoms with Crippen LogP contribution in [0, 0.1) is 5.41 Å². The third kappa shape index (κ3) is 3.44. The van der Waals surface area contributed by atoms with Crippen molar-refractivity contribution in [2.45, 2.75) is 12.8 Å². The van der Waals surface area contributed by atoms with Gasteiger partial charge in [-0.15, -0.1) is 0 Å². The van der Waals surface area contributed by atoms with E-state index >= 15 is 0 Å². The zero-order chi connectivity index (χ0) is 16.4. The molecule has 1 aliphatic rings. The Hall–Kier alpha value is -1.37. The Morgan fingerprint density at radius 3 is 2.83 bits per heavy atom. The molecule has 1 aliphatic heterocycles. The number of fused-ring (bicyclic) bond motifs is 1. The lowest BCUT2D eigenvalue weighted by atomic mass is 9.79. The molecule has 0 bridgehead atoms. The van der Waals surface area contributed by atoms with Gasteiger partial charge in [0.2, 0.25) is 5.91 Å². The highest BCUT2D eigenvalue weighted by Crippen LogP contribution is 2.31. The van der Waals surface area contributed by atoms with Crippen molar-refractivity contribution in [1.29, 1.82) is 0 Å². The quantitative estimate of drug-likeness (QED) is 0.828. The number of halogens is 2. The molecule has 0 unspecified atom stereocenters. The van der Waals surface area contributed by atoms with Gasteiger partial charge in [0, 0.05) is 29.6 Å². The lowest BCUT2D eigenvalue weighted by Gasteiger charge is -2.34. The number of rotatable bonds is 4. The van der Waals surface area contributed by atoms with E-state index in [4.69, 9.17) is 22.1 Å². The van der Waals surface area contributed by atoms with Crippen molar-refractivity contribution in [2.75, 3.05) is 25.1 Å². The SMILES string of the molecule is NC(=O)C1(CNc2ccc3cc(Br)cc(Cl)c3n2)CCOCC1. The monoisotopic (exact) mass is 397 g/mol. The topological polar surface area (TPSA) is 77.2 Å². The van der Waals surface area contributed by atoms with E-state index in [1.54, 1.807) is 0 Å². The van der Waals surface area contributed by atoms with Gasteiger partial charge in [0.1, 0.15) is 5.82 Å². The molecule has 3 N–H and O–H groups in total. The largest absolute Gasteiger partial charge is 0.381 e. The van der Waals surface area contributed by atoms with Gasteiger partial charge in [-0.05, 0) is 37.1 Å². The Balaban J connectivity index is 1.82. The molecule has 5 nitrogen and oxygen atoms in total. The second-order valence-corrected chi connectivity index (χ2v) is 7.09. The molecule has 1 aromatic heterocycles. The van der Waals surface area contributed by atoms with Gasteiger partial charge < -0.3 is 15.8 Å². The molecule has 0 spiro atoms. The predicted octanol–water partition coefficient (Wildman–Crippen LogP) is 3.34. The third-order valence-corrected chi connectivity index (χ3v) is 5.04. The van der Waals surface area contributed by atoms with Crippen LogP contribution in [0.3, 0.4) is 0 Å². The van der Waals surface area contributed by atoms with Crippen LogP contribution in [-0.4, -0.2) is 30.6 Å². The van der Waals surface area contributed by atoms with Gasteiger partial charge in [0.15, 0.2) is 0 Å². The summed E-state index contributed by atoms with van der Waals surface area (Å²) in [5, 5.41) is 4.76. The Kier molecular flexibility index (Phi) is 4.75. The first-order valence-electron chi connectivity index (χ1n) is 7.37. The lowest BCUT2D eigenvalue weighted by Crippen LogP contribution is -2.46. The zero-order valence-electron chi connectivity index (χ0n) is 12.4. The van der Waals surface area contributed by atoms with Gasteiger partial charge in [0.25, 0.3) is 0 Å². The van der Waals surface area contributed by atoms with Crippen LogP contribution < -0.4 is 11.1 Å². The fourth-order valence-corrected chi connectivity index (χ4v) is 3.66. The number of hydrogen-bond acceptors (Lipinski definition) is 4. The van der Waals surface area contributed by atoms with Crippen molar-refractivity contribution in [2.24, 2.45) is 11.1 Å². The summed E-state index contributed by atoms with van der Waals surface area (Å²) in [5.41, 5.74) is 5.75. The van der Waals surface area contributed by atoms with Crippen molar-refractivity contribution >= 4 is 50.2 Å². The van der Waals surface area contributed by atoms with E-state index in [1.807, 2.05) is 24.3 Å². The number of nitrogens with one attached hydrogen (secondary N) is 1. The van der Waals surface area contributed by atoms with E-state index in [-0.39, 0.29) is 5.91 Å². The minimum atomic E-state index is -0.585. The predicted molar refractivity (Wildman–Crippen MR) is 94.6 cm³/mol. The summed E-state index contributed by atoms with van der Waals surface area (Å²) in [6, 6.07) is 7.59. The fourth-order valence-electron chi connectivity index (χ4n) is 2.79. The molecule has 7 heteroatoms. The fraction of sp³-hybridized carbons (Fsp3) is 0.375. The van der Waals surface area contributed by atoms with Crippen molar-refractivity contribution in [3.8, 4) is 0 Å². The summed E-state index contributed by atoms with van der Waals surface area (Å²) in [6.07, 6.45) is 1.24. The molecule has 0 saturated carbocycles.